The van der Waals surface area contributed by atoms with Gasteiger partial charge in [0.15, 0.2) is 0 Å². The lowest BCUT2D eigenvalue weighted by Crippen LogP contribution is -2.30. The van der Waals surface area contributed by atoms with E-state index in [0.717, 1.165) is 25.3 Å². The number of halogens is 1. The highest BCUT2D eigenvalue weighted by molar-refractivity contribution is 6.32. The van der Waals surface area contributed by atoms with Crippen molar-refractivity contribution in [2.45, 2.75) is 12.5 Å². The molecular weight excluding hydrogens is 278 g/mol. The average Bonchev–Trinajstić information content (AvgIpc) is 3.06. The molecule has 3 rings (SSSR count). The summed E-state index contributed by atoms with van der Waals surface area (Å²) in [5.74, 6) is 1.05. The highest BCUT2D eigenvalue weighted by Crippen LogP contribution is 2.27. The van der Waals surface area contributed by atoms with E-state index >= 15 is 0 Å². The number of nitrogen functional groups attached to an aromatic ring is 1. The fraction of sp³-hybridized carbons (Fsp3) is 0.417. The minimum absolute atomic E-state index is 0.232. The Hall–Kier alpha value is -1.86. The summed E-state index contributed by atoms with van der Waals surface area (Å²) in [4.78, 5) is 10.7. The zero-order valence-electron chi connectivity index (χ0n) is 11.1. The van der Waals surface area contributed by atoms with Crippen molar-refractivity contribution in [1.29, 1.82) is 0 Å². The van der Waals surface area contributed by atoms with E-state index < -0.39 is 0 Å². The Morgan fingerprint density at radius 3 is 3.00 bits per heavy atom. The SMILES string of the molecule is CN[C@@H]1CCN(c2cc(-c3[nH]ncc3Cl)nc(N)n2)C1. The number of hydrogen-bond acceptors (Lipinski definition) is 6. The number of hydrogen-bond donors (Lipinski definition) is 3. The minimum atomic E-state index is 0.232. The zero-order valence-corrected chi connectivity index (χ0v) is 11.9. The van der Waals surface area contributed by atoms with E-state index in [1.54, 1.807) is 6.20 Å². The molecule has 1 fully saturated rings. The van der Waals surface area contributed by atoms with E-state index in [2.05, 4.69) is 30.4 Å². The van der Waals surface area contributed by atoms with Crippen molar-refractivity contribution in [2.24, 2.45) is 0 Å². The molecule has 0 spiro atoms. The van der Waals surface area contributed by atoms with Crippen molar-refractivity contribution >= 4 is 23.4 Å². The van der Waals surface area contributed by atoms with Crippen LogP contribution in [0.5, 0.6) is 0 Å². The Kier molecular flexibility index (Phi) is 3.45. The second-order valence-electron chi connectivity index (χ2n) is 4.78. The van der Waals surface area contributed by atoms with E-state index in [0.29, 0.717) is 22.5 Å². The molecule has 2 aromatic rings. The van der Waals surface area contributed by atoms with Crippen LogP contribution in [0, 0.1) is 0 Å². The summed E-state index contributed by atoms with van der Waals surface area (Å²) >= 11 is 6.07. The third-order valence-electron chi connectivity index (χ3n) is 3.50. The molecule has 7 nitrogen and oxygen atoms in total. The minimum Gasteiger partial charge on any atom is -0.368 e. The average molecular weight is 294 g/mol. The van der Waals surface area contributed by atoms with Crippen molar-refractivity contribution in [2.75, 3.05) is 30.8 Å². The summed E-state index contributed by atoms with van der Waals surface area (Å²) in [7, 11) is 1.97. The van der Waals surface area contributed by atoms with Gasteiger partial charge in [-0.15, -0.1) is 0 Å². The largest absolute Gasteiger partial charge is 0.368 e. The van der Waals surface area contributed by atoms with Crippen LogP contribution in [0.4, 0.5) is 11.8 Å². The maximum Gasteiger partial charge on any atom is 0.222 e. The number of nitrogens with one attached hydrogen (secondary N) is 2. The first-order valence-electron chi connectivity index (χ1n) is 6.43. The van der Waals surface area contributed by atoms with Gasteiger partial charge in [-0.2, -0.15) is 10.1 Å². The van der Waals surface area contributed by atoms with Gasteiger partial charge in [0.05, 0.1) is 16.9 Å². The monoisotopic (exact) mass is 293 g/mol. The first-order chi connectivity index (χ1) is 9.67. The van der Waals surface area contributed by atoms with Crippen LogP contribution in [0.2, 0.25) is 5.02 Å². The van der Waals surface area contributed by atoms with Gasteiger partial charge >= 0.3 is 0 Å². The fourth-order valence-corrected chi connectivity index (χ4v) is 2.59. The topological polar surface area (TPSA) is 95.8 Å². The summed E-state index contributed by atoms with van der Waals surface area (Å²) < 4.78 is 0. The number of rotatable bonds is 3. The fourth-order valence-electron chi connectivity index (χ4n) is 2.40. The molecule has 2 aromatic heterocycles. The standard InChI is InChI=1S/C12H16ClN7/c1-15-7-2-3-20(6-7)10-4-9(17-12(14)18-10)11-8(13)5-16-19-11/h4-5,7,15H,2-3,6H2,1H3,(H,16,19)(H2,14,17,18)/t7-/m1/s1. The maximum absolute atomic E-state index is 6.07. The third-order valence-corrected chi connectivity index (χ3v) is 3.79. The molecule has 1 aliphatic rings. The van der Waals surface area contributed by atoms with E-state index in [1.807, 2.05) is 13.1 Å². The smallest absolute Gasteiger partial charge is 0.222 e. The Labute approximate surface area is 121 Å². The first kappa shape index (κ1) is 13.1. The van der Waals surface area contributed by atoms with E-state index in [4.69, 9.17) is 17.3 Å². The summed E-state index contributed by atoms with van der Waals surface area (Å²) in [5.41, 5.74) is 7.12. The molecule has 0 radical (unpaired) electrons. The Morgan fingerprint density at radius 2 is 2.35 bits per heavy atom. The number of nitrogens with zero attached hydrogens (tertiary/aromatic N) is 4. The van der Waals surface area contributed by atoms with Crippen LogP contribution in [-0.2, 0) is 0 Å². The van der Waals surface area contributed by atoms with Gasteiger partial charge in [0, 0.05) is 25.2 Å². The predicted molar refractivity (Wildman–Crippen MR) is 78.7 cm³/mol. The number of aromatic nitrogens is 4. The second-order valence-corrected chi connectivity index (χ2v) is 5.19. The van der Waals surface area contributed by atoms with Gasteiger partial charge in [0.1, 0.15) is 11.5 Å². The number of aromatic amines is 1. The number of H-pyrrole nitrogens is 1. The zero-order chi connectivity index (χ0) is 14.1. The van der Waals surface area contributed by atoms with E-state index in [9.17, 15) is 0 Å². The van der Waals surface area contributed by atoms with Gasteiger partial charge in [0.25, 0.3) is 0 Å². The summed E-state index contributed by atoms with van der Waals surface area (Å²) in [6.07, 6.45) is 2.63. The molecule has 0 unspecified atom stereocenters. The van der Waals surface area contributed by atoms with E-state index in [-0.39, 0.29) is 5.95 Å². The van der Waals surface area contributed by atoms with Crippen LogP contribution in [0.3, 0.4) is 0 Å². The van der Waals surface area contributed by atoms with Gasteiger partial charge in [-0.1, -0.05) is 11.6 Å². The molecule has 0 bridgehead atoms. The van der Waals surface area contributed by atoms with Crippen LogP contribution < -0.4 is 16.0 Å². The molecule has 3 heterocycles. The molecule has 0 aliphatic carbocycles. The quantitative estimate of drug-likeness (QED) is 0.778. The van der Waals surface area contributed by atoms with E-state index in [1.165, 1.54) is 0 Å². The third kappa shape index (κ3) is 2.41. The molecule has 1 saturated heterocycles. The van der Waals surface area contributed by atoms with Gasteiger partial charge in [-0.25, -0.2) is 4.98 Å². The van der Waals surface area contributed by atoms with Crippen molar-refractivity contribution in [3.05, 3.63) is 17.3 Å². The van der Waals surface area contributed by atoms with Crippen molar-refractivity contribution in [3.63, 3.8) is 0 Å². The molecule has 4 N–H and O–H groups in total. The lowest BCUT2D eigenvalue weighted by molar-refractivity contribution is 0.616. The molecule has 0 saturated carbocycles. The molecular formula is C12H16ClN7. The number of anilines is 2. The summed E-state index contributed by atoms with van der Waals surface area (Å²) in [5, 5.41) is 10.5. The highest BCUT2D eigenvalue weighted by Gasteiger charge is 2.23. The van der Waals surface area contributed by atoms with Gasteiger partial charge < -0.3 is 16.0 Å². The van der Waals surface area contributed by atoms with Gasteiger partial charge in [0.2, 0.25) is 5.95 Å². The molecule has 1 aliphatic heterocycles. The van der Waals surface area contributed by atoms with Gasteiger partial charge in [-0.05, 0) is 13.5 Å². The molecule has 8 heteroatoms. The van der Waals surface area contributed by atoms with Crippen LogP contribution >= 0.6 is 11.6 Å². The first-order valence-corrected chi connectivity index (χ1v) is 6.81. The summed E-state index contributed by atoms with van der Waals surface area (Å²) in [6.45, 7) is 1.85. The second kappa shape index (κ2) is 5.26. The van der Waals surface area contributed by atoms with Crippen LogP contribution in [-0.4, -0.2) is 46.3 Å². The Bertz CT molecular complexity index is 612. The van der Waals surface area contributed by atoms with Crippen molar-refractivity contribution < 1.29 is 0 Å². The molecule has 106 valence electrons. The lowest BCUT2D eigenvalue weighted by Gasteiger charge is -2.18. The summed E-state index contributed by atoms with van der Waals surface area (Å²) in [6, 6.07) is 2.36. The van der Waals surface area contributed by atoms with Crippen molar-refractivity contribution in [1.82, 2.24) is 25.5 Å². The van der Waals surface area contributed by atoms with Crippen LogP contribution in [0.1, 0.15) is 6.42 Å². The van der Waals surface area contributed by atoms with Crippen LogP contribution in [0.15, 0.2) is 12.3 Å². The molecule has 0 amide bonds. The number of nitrogens with two attached hydrogens (primary N) is 1. The molecule has 1 atom stereocenters. The van der Waals surface area contributed by atoms with Gasteiger partial charge in [-0.3, -0.25) is 5.10 Å². The molecule has 20 heavy (non-hydrogen) atoms. The lowest BCUT2D eigenvalue weighted by atomic mass is 10.3. The van der Waals surface area contributed by atoms with Crippen molar-refractivity contribution in [3.8, 4) is 11.4 Å². The normalized spacial score (nSPS) is 18.7. The Balaban J connectivity index is 1.93. The van der Waals surface area contributed by atoms with Crippen LogP contribution in [0.25, 0.3) is 11.4 Å². The highest BCUT2D eigenvalue weighted by atomic mass is 35.5. The Morgan fingerprint density at radius 1 is 1.50 bits per heavy atom. The number of likely N-dealkylation sites (N-methyl/N-ethyl adjacent to an activating group) is 1. The molecule has 0 aromatic carbocycles. The maximum atomic E-state index is 6.07. The predicted octanol–water partition coefficient (Wildman–Crippen LogP) is 0.900.